The van der Waals surface area contributed by atoms with Crippen molar-refractivity contribution in [3.63, 3.8) is 0 Å². The van der Waals surface area contributed by atoms with Crippen molar-refractivity contribution >= 4 is 11.7 Å². The zero-order chi connectivity index (χ0) is 15.9. The van der Waals surface area contributed by atoms with E-state index in [1.807, 2.05) is 30.3 Å². The summed E-state index contributed by atoms with van der Waals surface area (Å²) in [6, 6.07) is 15.2. The Morgan fingerprint density at radius 2 is 1.95 bits per heavy atom. The van der Waals surface area contributed by atoms with Crippen LogP contribution >= 0.6 is 0 Å². The summed E-state index contributed by atoms with van der Waals surface area (Å²) in [6.07, 6.45) is 0.830. The third-order valence-corrected chi connectivity index (χ3v) is 3.61. The summed E-state index contributed by atoms with van der Waals surface area (Å²) in [4.78, 5) is 12.2. The first kappa shape index (κ1) is 15.9. The molecule has 2 amide bonds. The summed E-state index contributed by atoms with van der Waals surface area (Å²) in [5.74, 6) is 0.712. The van der Waals surface area contributed by atoms with Gasteiger partial charge in [-0.2, -0.15) is 0 Å². The first-order valence-corrected chi connectivity index (χ1v) is 7.41. The summed E-state index contributed by atoms with van der Waals surface area (Å²) in [6.45, 7) is 4.11. The summed E-state index contributed by atoms with van der Waals surface area (Å²) in [5.41, 5.74) is 3.03. The Labute approximate surface area is 131 Å². The molecule has 0 aliphatic heterocycles. The fraction of sp³-hybridized carbons (Fsp3) is 0.278. The molecule has 0 heterocycles. The van der Waals surface area contributed by atoms with E-state index in [-0.39, 0.29) is 12.1 Å². The number of aryl methyl sites for hydroxylation is 1. The SMILES string of the molecule is CC[C@H](NC(=O)Nc1cccc(OC)c1)c1ccccc1C. The molecule has 0 fully saturated rings. The number of hydrogen-bond donors (Lipinski definition) is 2. The molecule has 0 bridgehead atoms. The van der Waals surface area contributed by atoms with Crippen molar-refractivity contribution in [1.82, 2.24) is 5.32 Å². The Balaban J connectivity index is 2.05. The molecule has 0 saturated heterocycles. The van der Waals surface area contributed by atoms with Gasteiger partial charge in [-0.3, -0.25) is 0 Å². The van der Waals surface area contributed by atoms with E-state index in [0.717, 1.165) is 12.0 Å². The molecule has 0 unspecified atom stereocenters. The van der Waals surface area contributed by atoms with E-state index in [1.165, 1.54) is 5.56 Å². The average Bonchev–Trinajstić information content (AvgIpc) is 2.53. The van der Waals surface area contributed by atoms with Crippen LogP contribution in [0.1, 0.15) is 30.5 Å². The highest BCUT2D eigenvalue weighted by Gasteiger charge is 2.14. The Bertz CT molecular complexity index is 640. The van der Waals surface area contributed by atoms with Crippen molar-refractivity contribution in [1.29, 1.82) is 0 Å². The van der Waals surface area contributed by atoms with Crippen molar-refractivity contribution in [3.8, 4) is 5.75 Å². The fourth-order valence-electron chi connectivity index (χ4n) is 2.40. The van der Waals surface area contributed by atoms with Crippen molar-refractivity contribution < 1.29 is 9.53 Å². The lowest BCUT2D eigenvalue weighted by atomic mass is 9.99. The number of carbonyl (C=O) groups is 1. The quantitative estimate of drug-likeness (QED) is 0.865. The fourth-order valence-corrected chi connectivity index (χ4v) is 2.40. The van der Waals surface area contributed by atoms with Gasteiger partial charge in [0.2, 0.25) is 0 Å². The molecule has 0 saturated carbocycles. The van der Waals surface area contributed by atoms with Gasteiger partial charge in [0, 0.05) is 11.8 Å². The van der Waals surface area contributed by atoms with Gasteiger partial charge >= 0.3 is 6.03 Å². The van der Waals surface area contributed by atoms with E-state index < -0.39 is 0 Å². The highest BCUT2D eigenvalue weighted by molar-refractivity contribution is 5.89. The molecule has 4 heteroatoms. The molecule has 0 aliphatic rings. The number of ether oxygens (including phenoxy) is 1. The monoisotopic (exact) mass is 298 g/mol. The van der Waals surface area contributed by atoms with Gasteiger partial charge in [-0.1, -0.05) is 37.3 Å². The van der Waals surface area contributed by atoms with Gasteiger partial charge in [0.25, 0.3) is 0 Å². The Morgan fingerprint density at radius 1 is 1.18 bits per heavy atom. The number of urea groups is 1. The van der Waals surface area contributed by atoms with Gasteiger partial charge in [0.05, 0.1) is 13.2 Å². The zero-order valence-corrected chi connectivity index (χ0v) is 13.2. The number of benzene rings is 2. The van der Waals surface area contributed by atoms with Crippen LogP contribution in [0, 0.1) is 6.92 Å². The molecular formula is C18H22N2O2. The van der Waals surface area contributed by atoms with Crippen molar-refractivity contribution in [2.45, 2.75) is 26.3 Å². The van der Waals surface area contributed by atoms with Crippen LogP contribution < -0.4 is 15.4 Å². The molecule has 1 atom stereocenters. The van der Waals surface area contributed by atoms with Crippen LogP contribution in [-0.2, 0) is 0 Å². The topological polar surface area (TPSA) is 50.4 Å². The van der Waals surface area contributed by atoms with Crippen LogP contribution in [-0.4, -0.2) is 13.1 Å². The third kappa shape index (κ3) is 4.01. The van der Waals surface area contributed by atoms with E-state index in [2.05, 4.69) is 36.6 Å². The third-order valence-electron chi connectivity index (χ3n) is 3.61. The second-order valence-electron chi connectivity index (χ2n) is 5.15. The normalized spacial score (nSPS) is 11.6. The molecule has 0 aliphatic carbocycles. The molecule has 0 radical (unpaired) electrons. The Morgan fingerprint density at radius 3 is 2.64 bits per heavy atom. The number of rotatable bonds is 5. The second-order valence-corrected chi connectivity index (χ2v) is 5.15. The van der Waals surface area contributed by atoms with Crippen molar-refractivity contribution in [2.75, 3.05) is 12.4 Å². The van der Waals surface area contributed by atoms with Gasteiger partial charge in [-0.15, -0.1) is 0 Å². The van der Waals surface area contributed by atoms with E-state index in [4.69, 9.17) is 4.74 Å². The highest BCUT2D eigenvalue weighted by atomic mass is 16.5. The minimum absolute atomic E-state index is 0.00759. The van der Waals surface area contributed by atoms with Crippen LogP contribution in [0.5, 0.6) is 5.75 Å². The minimum Gasteiger partial charge on any atom is -0.497 e. The molecule has 22 heavy (non-hydrogen) atoms. The average molecular weight is 298 g/mol. The van der Waals surface area contributed by atoms with Crippen LogP contribution in [0.25, 0.3) is 0 Å². The van der Waals surface area contributed by atoms with Gasteiger partial charge < -0.3 is 15.4 Å². The summed E-state index contributed by atoms with van der Waals surface area (Å²) in [7, 11) is 1.60. The summed E-state index contributed by atoms with van der Waals surface area (Å²) in [5, 5.41) is 5.86. The smallest absolute Gasteiger partial charge is 0.319 e. The lowest BCUT2D eigenvalue weighted by molar-refractivity contribution is 0.248. The summed E-state index contributed by atoms with van der Waals surface area (Å²) >= 11 is 0. The van der Waals surface area contributed by atoms with Crippen LogP contribution in [0.4, 0.5) is 10.5 Å². The number of amides is 2. The first-order chi connectivity index (χ1) is 10.6. The number of hydrogen-bond acceptors (Lipinski definition) is 2. The molecule has 2 aromatic rings. The maximum atomic E-state index is 12.2. The molecule has 0 spiro atoms. The maximum Gasteiger partial charge on any atom is 0.319 e. The molecule has 4 nitrogen and oxygen atoms in total. The standard InChI is InChI=1S/C18H22N2O2/c1-4-17(16-11-6-5-8-13(16)2)20-18(21)19-14-9-7-10-15(12-14)22-3/h5-12,17H,4H2,1-3H3,(H2,19,20,21)/t17-/m0/s1. The van der Waals surface area contributed by atoms with Gasteiger partial charge in [0.1, 0.15) is 5.75 Å². The largest absolute Gasteiger partial charge is 0.497 e. The van der Waals surface area contributed by atoms with Crippen LogP contribution in [0.15, 0.2) is 48.5 Å². The maximum absolute atomic E-state index is 12.2. The second kappa shape index (κ2) is 7.50. The zero-order valence-electron chi connectivity index (χ0n) is 13.2. The molecule has 2 aromatic carbocycles. The summed E-state index contributed by atoms with van der Waals surface area (Å²) < 4.78 is 5.15. The number of methoxy groups -OCH3 is 1. The minimum atomic E-state index is -0.219. The van der Waals surface area contributed by atoms with Crippen LogP contribution in [0.2, 0.25) is 0 Å². The highest BCUT2D eigenvalue weighted by Crippen LogP contribution is 2.21. The Kier molecular flexibility index (Phi) is 5.42. The lowest BCUT2D eigenvalue weighted by Crippen LogP contribution is -2.32. The van der Waals surface area contributed by atoms with E-state index in [1.54, 1.807) is 13.2 Å². The van der Waals surface area contributed by atoms with E-state index >= 15 is 0 Å². The van der Waals surface area contributed by atoms with Crippen molar-refractivity contribution in [2.24, 2.45) is 0 Å². The Hall–Kier alpha value is -2.49. The van der Waals surface area contributed by atoms with Gasteiger partial charge in [-0.25, -0.2) is 4.79 Å². The number of carbonyl (C=O) groups excluding carboxylic acids is 1. The molecular weight excluding hydrogens is 276 g/mol. The molecule has 0 aromatic heterocycles. The first-order valence-electron chi connectivity index (χ1n) is 7.41. The van der Waals surface area contributed by atoms with E-state index in [9.17, 15) is 4.79 Å². The van der Waals surface area contributed by atoms with E-state index in [0.29, 0.717) is 11.4 Å². The molecule has 116 valence electrons. The molecule has 2 rings (SSSR count). The van der Waals surface area contributed by atoms with Crippen molar-refractivity contribution in [3.05, 3.63) is 59.7 Å². The van der Waals surface area contributed by atoms with Crippen LogP contribution in [0.3, 0.4) is 0 Å². The molecule has 2 N–H and O–H groups in total. The number of anilines is 1. The number of nitrogens with one attached hydrogen (secondary N) is 2. The predicted octanol–water partition coefficient (Wildman–Crippen LogP) is 4.28. The lowest BCUT2D eigenvalue weighted by Gasteiger charge is -2.20. The van der Waals surface area contributed by atoms with Gasteiger partial charge in [0.15, 0.2) is 0 Å². The predicted molar refractivity (Wildman–Crippen MR) is 89.4 cm³/mol. The van der Waals surface area contributed by atoms with Gasteiger partial charge in [-0.05, 0) is 36.6 Å².